The van der Waals surface area contributed by atoms with Gasteiger partial charge in [0.1, 0.15) is 0 Å². The molecule has 4 aromatic rings. The van der Waals surface area contributed by atoms with Crippen LogP contribution >= 0.6 is 22.9 Å². The fraction of sp³-hybridized carbons (Fsp3) is 0.0417. The monoisotopic (exact) mass is 403 g/mol. The predicted molar refractivity (Wildman–Crippen MR) is 119 cm³/mol. The topological polar surface area (TPSA) is 29.1 Å². The van der Waals surface area contributed by atoms with E-state index in [0.29, 0.717) is 5.56 Å². The van der Waals surface area contributed by atoms with E-state index in [9.17, 15) is 4.79 Å². The molecule has 4 heteroatoms. The minimum absolute atomic E-state index is 0.0491. The average molecular weight is 404 g/mol. The van der Waals surface area contributed by atoms with Crippen LogP contribution in [0.2, 0.25) is 5.02 Å². The predicted octanol–water partition coefficient (Wildman–Crippen LogP) is 7.35. The van der Waals surface area contributed by atoms with E-state index in [-0.39, 0.29) is 5.78 Å². The fourth-order valence-corrected chi connectivity index (χ4v) is 4.10. The third-order valence-corrected chi connectivity index (χ3v) is 5.97. The minimum atomic E-state index is 0.0491. The van der Waals surface area contributed by atoms with Gasteiger partial charge in [0.2, 0.25) is 5.78 Å². The molecule has 0 bridgehead atoms. The molecule has 28 heavy (non-hydrogen) atoms. The summed E-state index contributed by atoms with van der Waals surface area (Å²) >= 11 is 7.73. The molecular formula is C24H18ClNOS. The standard InChI is InChI=1S/C24H18ClNOS/c1-16-20(25)11-7-13-21(16)26-22-12-6-5-10-19(22)18-14-23(28-15-18)24(27)17-8-3-2-4-9-17/h2-15,26H,1H3. The van der Waals surface area contributed by atoms with Gasteiger partial charge in [-0.15, -0.1) is 11.3 Å². The van der Waals surface area contributed by atoms with Crippen molar-refractivity contribution in [2.75, 3.05) is 5.32 Å². The molecule has 0 aliphatic rings. The summed E-state index contributed by atoms with van der Waals surface area (Å²) in [6.07, 6.45) is 0. The summed E-state index contributed by atoms with van der Waals surface area (Å²) in [6.45, 7) is 1.99. The molecule has 0 amide bonds. The maximum absolute atomic E-state index is 12.7. The molecule has 1 N–H and O–H groups in total. The summed E-state index contributed by atoms with van der Waals surface area (Å²) in [5.74, 6) is 0.0491. The number of nitrogens with one attached hydrogen (secondary N) is 1. The van der Waals surface area contributed by atoms with Gasteiger partial charge in [0.25, 0.3) is 0 Å². The van der Waals surface area contributed by atoms with Gasteiger partial charge in [0, 0.05) is 27.5 Å². The largest absolute Gasteiger partial charge is 0.355 e. The van der Waals surface area contributed by atoms with Crippen molar-refractivity contribution in [1.82, 2.24) is 0 Å². The number of rotatable bonds is 5. The van der Waals surface area contributed by atoms with Crippen molar-refractivity contribution in [3.8, 4) is 11.1 Å². The van der Waals surface area contributed by atoms with Gasteiger partial charge in [-0.05, 0) is 47.7 Å². The Balaban J connectivity index is 1.67. The quantitative estimate of drug-likeness (QED) is 0.353. The molecule has 0 atom stereocenters. The molecule has 1 heterocycles. The highest BCUT2D eigenvalue weighted by molar-refractivity contribution is 7.12. The van der Waals surface area contributed by atoms with E-state index in [0.717, 1.165) is 38.0 Å². The summed E-state index contributed by atoms with van der Waals surface area (Å²) in [4.78, 5) is 13.5. The molecule has 0 aliphatic carbocycles. The summed E-state index contributed by atoms with van der Waals surface area (Å²) in [5, 5.41) is 6.25. The molecule has 0 saturated heterocycles. The van der Waals surface area contributed by atoms with E-state index in [4.69, 9.17) is 11.6 Å². The van der Waals surface area contributed by atoms with Crippen molar-refractivity contribution >= 4 is 40.1 Å². The Bertz CT molecular complexity index is 1130. The summed E-state index contributed by atoms with van der Waals surface area (Å²) in [7, 11) is 0. The first kappa shape index (κ1) is 18.5. The summed E-state index contributed by atoms with van der Waals surface area (Å²) in [6, 6.07) is 25.2. The number of benzene rings is 3. The van der Waals surface area contributed by atoms with E-state index >= 15 is 0 Å². The van der Waals surface area contributed by atoms with Crippen LogP contribution in [0.3, 0.4) is 0 Å². The number of para-hydroxylation sites is 1. The lowest BCUT2D eigenvalue weighted by Gasteiger charge is -2.14. The second-order valence-electron chi connectivity index (χ2n) is 6.48. The second kappa shape index (κ2) is 8.01. The molecular weight excluding hydrogens is 386 g/mol. The van der Waals surface area contributed by atoms with Crippen LogP contribution in [0.15, 0.2) is 84.2 Å². The Morgan fingerprint density at radius 1 is 0.893 bits per heavy atom. The molecule has 138 valence electrons. The van der Waals surface area contributed by atoms with Gasteiger partial charge in [-0.25, -0.2) is 0 Å². The first-order valence-electron chi connectivity index (χ1n) is 8.93. The lowest BCUT2D eigenvalue weighted by molar-refractivity contribution is 0.104. The molecule has 0 spiro atoms. The van der Waals surface area contributed by atoms with Gasteiger partial charge >= 0.3 is 0 Å². The van der Waals surface area contributed by atoms with Crippen LogP contribution in [-0.2, 0) is 0 Å². The highest BCUT2D eigenvalue weighted by Crippen LogP contribution is 2.35. The van der Waals surface area contributed by atoms with Gasteiger partial charge in [0.05, 0.1) is 4.88 Å². The Morgan fingerprint density at radius 3 is 2.43 bits per heavy atom. The van der Waals surface area contributed by atoms with Crippen LogP contribution in [0, 0.1) is 6.92 Å². The van der Waals surface area contributed by atoms with Gasteiger partial charge in [0.15, 0.2) is 0 Å². The van der Waals surface area contributed by atoms with E-state index < -0.39 is 0 Å². The smallest absolute Gasteiger partial charge is 0.202 e. The van der Waals surface area contributed by atoms with E-state index in [1.165, 1.54) is 11.3 Å². The zero-order valence-electron chi connectivity index (χ0n) is 15.3. The van der Waals surface area contributed by atoms with Crippen molar-refractivity contribution in [2.45, 2.75) is 6.92 Å². The first-order valence-corrected chi connectivity index (χ1v) is 10.2. The molecule has 2 nitrogen and oxygen atoms in total. The van der Waals surface area contributed by atoms with Crippen LogP contribution in [0.4, 0.5) is 11.4 Å². The van der Waals surface area contributed by atoms with Gasteiger partial charge in [-0.1, -0.05) is 66.2 Å². The third kappa shape index (κ3) is 3.72. The molecule has 4 rings (SSSR count). The molecule has 3 aromatic carbocycles. The molecule has 0 aliphatic heterocycles. The second-order valence-corrected chi connectivity index (χ2v) is 7.80. The lowest BCUT2D eigenvalue weighted by atomic mass is 10.0. The highest BCUT2D eigenvalue weighted by atomic mass is 35.5. The zero-order chi connectivity index (χ0) is 19.5. The van der Waals surface area contributed by atoms with Gasteiger partial charge < -0.3 is 5.32 Å². The molecule has 0 saturated carbocycles. The number of halogens is 1. The average Bonchev–Trinajstić information content (AvgIpc) is 3.22. The minimum Gasteiger partial charge on any atom is -0.355 e. The van der Waals surface area contributed by atoms with Crippen LogP contribution in [0.1, 0.15) is 20.8 Å². The Hall–Kier alpha value is -2.88. The molecule has 0 fully saturated rings. The summed E-state index contributed by atoms with van der Waals surface area (Å²) in [5.41, 5.74) is 5.72. The Labute approximate surface area is 173 Å². The van der Waals surface area contributed by atoms with Crippen LogP contribution in [0.5, 0.6) is 0 Å². The van der Waals surface area contributed by atoms with E-state index in [1.54, 1.807) is 0 Å². The zero-order valence-corrected chi connectivity index (χ0v) is 16.8. The Morgan fingerprint density at radius 2 is 1.61 bits per heavy atom. The van der Waals surface area contributed by atoms with Gasteiger partial charge in [-0.2, -0.15) is 0 Å². The number of carbonyl (C=O) groups is 1. The number of hydrogen-bond donors (Lipinski definition) is 1. The summed E-state index contributed by atoms with van der Waals surface area (Å²) < 4.78 is 0. The third-order valence-electron chi connectivity index (χ3n) is 4.63. The number of anilines is 2. The van der Waals surface area contributed by atoms with Crippen LogP contribution < -0.4 is 5.32 Å². The van der Waals surface area contributed by atoms with Crippen molar-refractivity contribution in [2.24, 2.45) is 0 Å². The molecule has 1 aromatic heterocycles. The number of hydrogen-bond acceptors (Lipinski definition) is 3. The van der Waals surface area contributed by atoms with Gasteiger partial charge in [-0.3, -0.25) is 4.79 Å². The lowest BCUT2D eigenvalue weighted by Crippen LogP contribution is -1.97. The van der Waals surface area contributed by atoms with E-state index in [2.05, 4.69) is 11.4 Å². The van der Waals surface area contributed by atoms with Crippen molar-refractivity contribution in [1.29, 1.82) is 0 Å². The van der Waals surface area contributed by atoms with Crippen LogP contribution in [-0.4, -0.2) is 5.78 Å². The van der Waals surface area contributed by atoms with Crippen LogP contribution in [0.25, 0.3) is 11.1 Å². The number of ketones is 1. The maximum atomic E-state index is 12.7. The fourth-order valence-electron chi connectivity index (χ4n) is 3.06. The van der Waals surface area contributed by atoms with E-state index in [1.807, 2.05) is 85.1 Å². The van der Waals surface area contributed by atoms with Crippen molar-refractivity contribution in [3.05, 3.63) is 105 Å². The van der Waals surface area contributed by atoms with Crippen molar-refractivity contribution in [3.63, 3.8) is 0 Å². The SMILES string of the molecule is Cc1c(Cl)cccc1Nc1ccccc1-c1csc(C(=O)c2ccccc2)c1. The molecule has 0 radical (unpaired) electrons. The number of thiophene rings is 1. The highest BCUT2D eigenvalue weighted by Gasteiger charge is 2.14. The Kier molecular flexibility index (Phi) is 5.29. The van der Waals surface area contributed by atoms with Crippen molar-refractivity contribution < 1.29 is 4.79 Å². The number of carbonyl (C=O) groups excluding carboxylic acids is 1. The maximum Gasteiger partial charge on any atom is 0.202 e. The first-order chi connectivity index (χ1) is 13.6. The molecule has 0 unspecified atom stereocenters. The normalized spacial score (nSPS) is 10.6.